The average Bonchev–Trinajstić information content (AvgIpc) is 2.88. The highest BCUT2D eigenvalue weighted by Gasteiger charge is 2.47. The lowest BCUT2D eigenvalue weighted by molar-refractivity contribution is -0.135. The monoisotopic (exact) mass is 437 g/mol. The van der Waals surface area contributed by atoms with Gasteiger partial charge in [0, 0.05) is 0 Å². The van der Waals surface area contributed by atoms with E-state index in [1.54, 1.807) is 0 Å². The van der Waals surface area contributed by atoms with E-state index in [1.807, 2.05) is 54.6 Å². The van der Waals surface area contributed by atoms with Crippen molar-refractivity contribution < 1.29 is 9.53 Å². The fourth-order valence-corrected chi connectivity index (χ4v) is 8.29. The summed E-state index contributed by atoms with van der Waals surface area (Å²) in [5.74, 6) is -0.291. The molecule has 0 N–H and O–H groups in total. The van der Waals surface area contributed by atoms with Gasteiger partial charge in [-0.25, -0.2) is 4.79 Å². The van der Waals surface area contributed by atoms with Gasteiger partial charge in [-0.2, -0.15) is 0 Å². The molecule has 4 aromatic rings. The average molecular weight is 437 g/mol. The van der Waals surface area contributed by atoms with Crippen LogP contribution in [0.4, 0.5) is 0 Å². The van der Waals surface area contributed by atoms with Gasteiger partial charge in [0.25, 0.3) is 0 Å². The molecule has 0 aliphatic carbocycles. The molecule has 0 radical (unpaired) electrons. The number of benzene rings is 4. The highest BCUT2D eigenvalue weighted by Crippen LogP contribution is 2.56. The molecule has 0 unspecified atom stereocenters. The molecule has 0 spiro atoms. The molecule has 4 aromatic carbocycles. The van der Waals surface area contributed by atoms with Crippen molar-refractivity contribution in [3.63, 3.8) is 0 Å². The number of esters is 1. The van der Waals surface area contributed by atoms with Crippen LogP contribution in [0.5, 0.6) is 0 Å². The first kappa shape index (κ1) is 21.7. The lowest BCUT2D eigenvalue weighted by Gasteiger charge is -2.28. The molecule has 0 bridgehead atoms. The van der Waals surface area contributed by atoms with E-state index in [9.17, 15) is 4.79 Å². The van der Waals surface area contributed by atoms with Crippen molar-refractivity contribution in [3.05, 3.63) is 132 Å². The molecule has 2 nitrogen and oxygen atoms in total. The van der Waals surface area contributed by atoms with Crippen LogP contribution in [-0.4, -0.2) is 19.2 Å². The molecular formula is C29H26O2P+. The Morgan fingerprint density at radius 1 is 0.656 bits per heavy atom. The van der Waals surface area contributed by atoms with E-state index in [0.29, 0.717) is 11.7 Å². The predicted octanol–water partition coefficient (Wildman–Crippen LogP) is 5.24. The third-order valence-corrected chi connectivity index (χ3v) is 9.94. The fourth-order valence-electron chi connectivity index (χ4n) is 4.07. The molecule has 3 heteroatoms. The van der Waals surface area contributed by atoms with E-state index >= 15 is 0 Å². The van der Waals surface area contributed by atoms with Crippen molar-refractivity contribution in [2.45, 2.75) is 0 Å². The number of rotatable bonds is 7. The van der Waals surface area contributed by atoms with Gasteiger partial charge < -0.3 is 4.74 Å². The van der Waals surface area contributed by atoms with E-state index in [-0.39, 0.29) is 5.97 Å². The molecule has 0 heterocycles. The number of methoxy groups -OCH3 is 1. The summed E-state index contributed by atoms with van der Waals surface area (Å²) in [6.45, 7) is 0. The Morgan fingerprint density at radius 2 is 1.03 bits per heavy atom. The van der Waals surface area contributed by atoms with Gasteiger partial charge in [0.15, 0.2) is 0 Å². The normalized spacial score (nSPS) is 11.7. The number of carbonyl (C=O) groups excluding carboxylic acids is 1. The molecule has 0 saturated heterocycles. The minimum atomic E-state index is -2.18. The summed E-state index contributed by atoms with van der Waals surface area (Å²) in [4.78, 5) is 13.0. The van der Waals surface area contributed by atoms with Gasteiger partial charge in [-0.1, -0.05) is 84.9 Å². The van der Waals surface area contributed by atoms with Crippen LogP contribution in [0.2, 0.25) is 0 Å². The predicted molar refractivity (Wildman–Crippen MR) is 136 cm³/mol. The zero-order valence-corrected chi connectivity index (χ0v) is 19.0. The Balaban J connectivity index is 1.98. The second kappa shape index (κ2) is 10.2. The minimum absolute atomic E-state index is 0.291. The lowest BCUT2D eigenvalue weighted by atomic mass is 10.1. The molecular weight excluding hydrogens is 411 g/mol. The first-order valence-electron chi connectivity index (χ1n) is 10.6. The molecule has 0 aromatic heterocycles. The van der Waals surface area contributed by atoms with E-state index in [4.69, 9.17) is 4.74 Å². The quantitative estimate of drug-likeness (QED) is 0.225. The minimum Gasteiger partial charge on any atom is -0.466 e. The smallest absolute Gasteiger partial charge is 0.337 e. The maximum Gasteiger partial charge on any atom is 0.337 e. The Bertz CT molecular complexity index is 1070. The van der Waals surface area contributed by atoms with Crippen LogP contribution in [0.25, 0.3) is 6.08 Å². The Hall–Kier alpha value is -3.48. The zero-order valence-electron chi connectivity index (χ0n) is 18.1. The molecule has 0 aliphatic heterocycles. The topological polar surface area (TPSA) is 26.3 Å². The van der Waals surface area contributed by atoms with E-state index in [2.05, 4.69) is 72.8 Å². The molecule has 0 atom stereocenters. The van der Waals surface area contributed by atoms with Crippen LogP contribution in [-0.2, 0) is 9.53 Å². The van der Waals surface area contributed by atoms with Crippen LogP contribution in [0.3, 0.4) is 0 Å². The molecule has 158 valence electrons. The van der Waals surface area contributed by atoms with Crippen molar-refractivity contribution in [2.75, 3.05) is 13.3 Å². The summed E-state index contributed by atoms with van der Waals surface area (Å²) in [5, 5.41) is 3.71. The Labute approximate surface area is 190 Å². The first-order chi connectivity index (χ1) is 15.7. The van der Waals surface area contributed by atoms with Gasteiger partial charge in [0.1, 0.15) is 29.3 Å². The number of hydrogen-bond acceptors (Lipinski definition) is 2. The summed E-state index contributed by atoms with van der Waals surface area (Å²) in [6.07, 6.45) is 2.54. The van der Waals surface area contributed by atoms with Gasteiger partial charge in [-0.15, -0.1) is 0 Å². The lowest BCUT2D eigenvalue weighted by Crippen LogP contribution is -2.35. The maximum absolute atomic E-state index is 13.0. The standard InChI is InChI=1S/C29H26O2P/c1-31-29(30)25(22-24-14-6-2-7-15-24)23-32(26-16-8-3-9-17-26,27-18-10-4-11-19-27)28-20-12-5-13-21-28/h2-22H,23H2,1H3/q+1/b25-22+. The summed E-state index contributed by atoms with van der Waals surface area (Å²) in [5.41, 5.74) is 1.66. The second-order valence-electron chi connectivity index (χ2n) is 7.55. The molecule has 32 heavy (non-hydrogen) atoms. The van der Waals surface area contributed by atoms with Crippen molar-refractivity contribution in [3.8, 4) is 0 Å². The van der Waals surface area contributed by atoms with Gasteiger partial charge in [0.2, 0.25) is 0 Å². The molecule has 0 saturated carbocycles. The SMILES string of the molecule is COC(=O)/C(=C/c1ccccc1)C[P+](c1ccccc1)(c1ccccc1)c1ccccc1. The van der Waals surface area contributed by atoms with Gasteiger partial charge in [-0.05, 0) is 48.0 Å². The van der Waals surface area contributed by atoms with Crippen LogP contribution in [0.1, 0.15) is 5.56 Å². The van der Waals surface area contributed by atoms with E-state index in [0.717, 1.165) is 5.56 Å². The summed E-state index contributed by atoms with van der Waals surface area (Å²) in [7, 11) is -0.729. The zero-order chi connectivity index (χ0) is 22.2. The fraction of sp³-hybridized carbons (Fsp3) is 0.0690. The third kappa shape index (κ3) is 4.56. The third-order valence-electron chi connectivity index (χ3n) is 5.59. The van der Waals surface area contributed by atoms with Crippen LogP contribution >= 0.6 is 7.26 Å². The van der Waals surface area contributed by atoms with Crippen molar-refractivity contribution in [1.29, 1.82) is 0 Å². The highest BCUT2D eigenvalue weighted by molar-refractivity contribution is 7.95. The maximum atomic E-state index is 13.0. The van der Waals surface area contributed by atoms with Crippen LogP contribution in [0.15, 0.2) is 127 Å². The first-order valence-corrected chi connectivity index (χ1v) is 12.6. The summed E-state index contributed by atoms with van der Waals surface area (Å²) in [6, 6.07) is 41.7. The van der Waals surface area contributed by atoms with Crippen molar-refractivity contribution in [2.24, 2.45) is 0 Å². The highest BCUT2D eigenvalue weighted by atomic mass is 31.2. The van der Waals surface area contributed by atoms with Gasteiger partial charge in [0.05, 0.1) is 12.7 Å². The molecule has 0 amide bonds. The summed E-state index contributed by atoms with van der Waals surface area (Å²) >= 11 is 0. The van der Waals surface area contributed by atoms with Crippen molar-refractivity contribution >= 4 is 35.2 Å². The number of ether oxygens (including phenoxy) is 1. The Kier molecular flexibility index (Phi) is 6.94. The van der Waals surface area contributed by atoms with Gasteiger partial charge >= 0.3 is 5.97 Å². The van der Waals surface area contributed by atoms with E-state index in [1.165, 1.54) is 23.0 Å². The largest absolute Gasteiger partial charge is 0.466 e. The second-order valence-corrected chi connectivity index (χ2v) is 11.0. The van der Waals surface area contributed by atoms with Crippen LogP contribution < -0.4 is 15.9 Å². The van der Waals surface area contributed by atoms with Gasteiger partial charge in [-0.3, -0.25) is 0 Å². The molecule has 4 rings (SSSR count). The number of hydrogen-bond donors (Lipinski definition) is 0. The summed E-state index contributed by atoms with van der Waals surface area (Å²) < 4.78 is 5.25. The van der Waals surface area contributed by atoms with Crippen LogP contribution in [0, 0.1) is 0 Å². The van der Waals surface area contributed by atoms with E-state index < -0.39 is 7.26 Å². The van der Waals surface area contributed by atoms with Crippen molar-refractivity contribution in [1.82, 2.24) is 0 Å². The number of carbonyl (C=O) groups is 1. The Morgan fingerprint density at radius 3 is 1.41 bits per heavy atom. The molecule has 0 fully saturated rings. The molecule has 0 aliphatic rings.